The van der Waals surface area contributed by atoms with Crippen molar-refractivity contribution in [2.75, 3.05) is 33.7 Å². The van der Waals surface area contributed by atoms with Crippen molar-refractivity contribution >= 4 is 5.91 Å². The molecular weight excluding hydrogens is 427 g/mol. The fourth-order valence-electron chi connectivity index (χ4n) is 5.16. The van der Waals surface area contributed by atoms with Gasteiger partial charge in [-0.3, -0.25) is 4.79 Å². The number of halogens is 1. The average molecular weight is 461 g/mol. The molecule has 1 amide bonds. The molecule has 0 bridgehead atoms. The molecule has 0 atom stereocenters. The molecule has 0 aliphatic carbocycles. The summed E-state index contributed by atoms with van der Waals surface area (Å²) in [7, 11) is 3.62. The number of hydrogen-bond donors (Lipinski definition) is 1. The van der Waals surface area contributed by atoms with Gasteiger partial charge in [-0.2, -0.15) is 0 Å². The normalized spacial score (nSPS) is 16.2. The van der Waals surface area contributed by atoms with E-state index in [0.29, 0.717) is 32.4 Å². The van der Waals surface area contributed by atoms with E-state index in [2.05, 4.69) is 4.90 Å². The van der Waals surface area contributed by atoms with Crippen molar-refractivity contribution < 1.29 is 14.3 Å². The number of carbonyl (C=O) groups excluding carboxylic acids is 1. The molecule has 5 heteroatoms. The van der Waals surface area contributed by atoms with E-state index in [9.17, 15) is 14.3 Å². The Morgan fingerprint density at radius 2 is 1.41 bits per heavy atom. The van der Waals surface area contributed by atoms with Gasteiger partial charge in [-0.25, -0.2) is 4.39 Å². The van der Waals surface area contributed by atoms with E-state index in [1.165, 1.54) is 12.1 Å². The Labute approximate surface area is 201 Å². The Morgan fingerprint density at radius 3 is 1.88 bits per heavy atom. The van der Waals surface area contributed by atoms with Crippen LogP contribution in [0.5, 0.6) is 0 Å². The zero-order valence-electron chi connectivity index (χ0n) is 20.0. The summed E-state index contributed by atoms with van der Waals surface area (Å²) >= 11 is 0. The molecule has 0 unspecified atom stereocenters. The van der Waals surface area contributed by atoms with Crippen molar-refractivity contribution in [3.63, 3.8) is 0 Å². The first kappa shape index (κ1) is 24.1. The standard InChI is InChI=1S/C29H33FN2O2/c1-31(2)27(33)29(24-9-5-3-6-10-24,25-11-7-4-8-12-25)19-22-32-20-17-28(34,18-21-32)23-13-15-26(30)16-14-23/h3-16,34H,17-22H2,1-2H3. The number of amides is 1. The van der Waals surface area contributed by atoms with Gasteiger partial charge in [-0.05, 0) is 54.6 Å². The number of likely N-dealkylation sites (tertiary alicyclic amines) is 1. The highest BCUT2D eigenvalue weighted by Gasteiger charge is 2.43. The molecular formula is C29H33FN2O2. The van der Waals surface area contributed by atoms with Gasteiger partial charge >= 0.3 is 0 Å². The van der Waals surface area contributed by atoms with Gasteiger partial charge in [0.05, 0.1) is 5.60 Å². The second kappa shape index (κ2) is 10.1. The Hall–Kier alpha value is -3.02. The van der Waals surface area contributed by atoms with Gasteiger partial charge < -0.3 is 14.9 Å². The minimum atomic E-state index is -0.945. The van der Waals surface area contributed by atoms with Crippen LogP contribution in [0.3, 0.4) is 0 Å². The fraction of sp³-hybridized carbons (Fsp3) is 0.345. The molecule has 3 aromatic rings. The SMILES string of the molecule is CN(C)C(=O)C(CCN1CCC(O)(c2ccc(F)cc2)CC1)(c1ccccc1)c1ccccc1. The van der Waals surface area contributed by atoms with Crippen LogP contribution in [-0.4, -0.2) is 54.5 Å². The second-order valence-electron chi connectivity index (χ2n) is 9.47. The summed E-state index contributed by atoms with van der Waals surface area (Å²) in [6.07, 6.45) is 1.78. The number of rotatable bonds is 7. The molecule has 1 aliphatic heterocycles. The van der Waals surface area contributed by atoms with E-state index in [-0.39, 0.29) is 11.7 Å². The predicted molar refractivity (Wildman–Crippen MR) is 133 cm³/mol. The van der Waals surface area contributed by atoms with Crippen LogP contribution in [-0.2, 0) is 15.8 Å². The summed E-state index contributed by atoms with van der Waals surface area (Å²) in [5.74, 6) is -0.238. The van der Waals surface area contributed by atoms with Crippen LogP contribution in [0.2, 0.25) is 0 Å². The van der Waals surface area contributed by atoms with Crippen LogP contribution in [0, 0.1) is 5.82 Å². The summed E-state index contributed by atoms with van der Waals surface area (Å²) in [6.45, 7) is 2.15. The number of piperidine rings is 1. The molecule has 34 heavy (non-hydrogen) atoms. The highest BCUT2D eigenvalue weighted by atomic mass is 19.1. The van der Waals surface area contributed by atoms with E-state index >= 15 is 0 Å². The monoisotopic (exact) mass is 460 g/mol. The van der Waals surface area contributed by atoms with E-state index < -0.39 is 11.0 Å². The smallest absolute Gasteiger partial charge is 0.237 e. The quantitative estimate of drug-likeness (QED) is 0.562. The van der Waals surface area contributed by atoms with Crippen LogP contribution in [0.4, 0.5) is 4.39 Å². The lowest BCUT2D eigenvalue weighted by Gasteiger charge is -2.41. The molecule has 0 aromatic heterocycles. The maximum absolute atomic E-state index is 13.8. The zero-order valence-corrected chi connectivity index (χ0v) is 20.0. The van der Waals surface area contributed by atoms with E-state index in [1.807, 2.05) is 74.8 Å². The molecule has 0 spiro atoms. The highest BCUT2D eigenvalue weighted by Crippen LogP contribution is 2.39. The second-order valence-corrected chi connectivity index (χ2v) is 9.47. The van der Waals surface area contributed by atoms with E-state index in [4.69, 9.17) is 0 Å². The third-order valence-electron chi connectivity index (χ3n) is 7.17. The summed E-state index contributed by atoms with van der Waals surface area (Å²) in [5, 5.41) is 11.2. The van der Waals surface area contributed by atoms with Crippen LogP contribution < -0.4 is 0 Å². The molecule has 178 valence electrons. The van der Waals surface area contributed by atoms with Crippen LogP contribution in [0.1, 0.15) is 36.0 Å². The molecule has 1 aliphatic rings. The minimum Gasteiger partial charge on any atom is -0.385 e. The molecule has 4 nitrogen and oxygen atoms in total. The largest absolute Gasteiger partial charge is 0.385 e. The molecule has 1 heterocycles. The number of aliphatic hydroxyl groups is 1. The average Bonchev–Trinajstić information content (AvgIpc) is 2.87. The number of carbonyl (C=O) groups is 1. The van der Waals surface area contributed by atoms with Crippen molar-refractivity contribution in [2.45, 2.75) is 30.3 Å². The predicted octanol–water partition coefficient (Wildman–Crippen LogP) is 4.57. The van der Waals surface area contributed by atoms with E-state index in [1.54, 1.807) is 17.0 Å². The molecule has 4 rings (SSSR count). The maximum atomic E-state index is 13.8. The number of nitrogens with zero attached hydrogens (tertiary/aromatic N) is 2. The molecule has 1 fully saturated rings. The van der Waals surface area contributed by atoms with Crippen LogP contribution in [0.25, 0.3) is 0 Å². The minimum absolute atomic E-state index is 0.0599. The summed E-state index contributed by atoms with van der Waals surface area (Å²) in [4.78, 5) is 17.8. The van der Waals surface area contributed by atoms with Crippen molar-refractivity contribution in [2.24, 2.45) is 0 Å². The van der Waals surface area contributed by atoms with Crippen molar-refractivity contribution in [3.05, 3.63) is 107 Å². The lowest BCUT2D eigenvalue weighted by Crippen LogP contribution is -2.48. The molecule has 3 aromatic carbocycles. The van der Waals surface area contributed by atoms with Crippen LogP contribution in [0.15, 0.2) is 84.9 Å². The van der Waals surface area contributed by atoms with Gasteiger partial charge in [0.1, 0.15) is 11.2 Å². The van der Waals surface area contributed by atoms with E-state index in [0.717, 1.165) is 23.2 Å². The summed E-state index contributed by atoms with van der Waals surface area (Å²) in [6, 6.07) is 26.2. The Bertz CT molecular complexity index is 1040. The van der Waals surface area contributed by atoms with Crippen LogP contribution >= 0.6 is 0 Å². The van der Waals surface area contributed by atoms with Crippen molar-refractivity contribution in [1.82, 2.24) is 9.80 Å². The molecule has 0 saturated carbocycles. The Balaban J connectivity index is 1.57. The molecule has 1 saturated heterocycles. The van der Waals surface area contributed by atoms with Gasteiger partial charge in [-0.15, -0.1) is 0 Å². The highest BCUT2D eigenvalue weighted by molar-refractivity contribution is 5.91. The summed E-state index contributed by atoms with van der Waals surface area (Å²) < 4.78 is 13.3. The Morgan fingerprint density at radius 1 is 0.912 bits per heavy atom. The van der Waals surface area contributed by atoms with Gasteiger partial charge in [0.2, 0.25) is 5.91 Å². The number of hydrogen-bond acceptors (Lipinski definition) is 3. The maximum Gasteiger partial charge on any atom is 0.237 e. The van der Waals surface area contributed by atoms with Gasteiger partial charge in [-0.1, -0.05) is 72.8 Å². The van der Waals surface area contributed by atoms with Crippen molar-refractivity contribution in [3.8, 4) is 0 Å². The van der Waals surface area contributed by atoms with Gasteiger partial charge in [0.15, 0.2) is 0 Å². The fourth-order valence-corrected chi connectivity index (χ4v) is 5.16. The third kappa shape index (κ3) is 4.77. The number of benzene rings is 3. The summed E-state index contributed by atoms with van der Waals surface area (Å²) in [5.41, 5.74) is 0.995. The first-order valence-corrected chi connectivity index (χ1v) is 11.9. The first-order valence-electron chi connectivity index (χ1n) is 11.9. The molecule has 1 N–H and O–H groups in total. The third-order valence-corrected chi connectivity index (χ3v) is 7.17. The van der Waals surface area contributed by atoms with Gasteiger partial charge in [0, 0.05) is 27.2 Å². The first-order chi connectivity index (χ1) is 16.3. The van der Waals surface area contributed by atoms with Crippen molar-refractivity contribution in [1.29, 1.82) is 0 Å². The van der Waals surface area contributed by atoms with Gasteiger partial charge in [0.25, 0.3) is 0 Å². The lowest BCUT2D eigenvalue weighted by molar-refractivity contribution is -0.133. The topological polar surface area (TPSA) is 43.8 Å². The number of likely N-dealkylation sites (N-methyl/N-ethyl adjacent to an activating group) is 1. The Kier molecular flexibility index (Phi) is 7.15. The zero-order chi connectivity index (χ0) is 24.2. The molecule has 0 radical (unpaired) electrons. The lowest BCUT2D eigenvalue weighted by atomic mass is 9.70.